The van der Waals surface area contributed by atoms with Gasteiger partial charge in [-0.15, -0.1) is 0 Å². The van der Waals surface area contributed by atoms with Crippen molar-refractivity contribution in [3.05, 3.63) is 34.9 Å². The number of benzene rings is 1. The van der Waals surface area contributed by atoms with Crippen molar-refractivity contribution in [1.82, 2.24) is 9.88 Å². The fourth-order valence-corrected chi connectivity index (χ4v) is 4.40. The minimum atomic E-state index is -2.79. The number of hydrogen-bond donors (Lipinski definition) is 1. The predicted octanol–water partition coefficient (Wildman–Crippen LogP) is 2.53. The normalized spacial score (nSPS) is 18.1. The molecule has 0 saturated carbocycles. The second-order valence-electron chi connectivity index (χ2n) is 5.79. The molecule has 1 aromatic heterocycles. The smallest absolute Gasteiger partial charge is 0.152 e. The predicted molar refractivity (Wildman–Crippen MR) is 97.6 cm³/mol. The van der Waals surface area contributed by atoms with Gasteiger partial charge in [-0.05, 0) is 37.2 Å². The highest BCUT2D eigenvalue weighted by Gasteiger charge is 2.20. The number of halogens is 1. The van der Waals surface area contributed by atoms with Crippen LogP contribution in [0.25, 0.3) is 10.9 Å². The summed E-state index contributed by atoms with van der Waals surface area (Å²) in [5, 5.41) is 4.57. The monoisotopic (exact) mass is 397 g/mol. The molecule has 1 aromatic carbocycles. The molecule has 1 saturated heterocycles. The van der Waals surface area contributed by atoms with Crippen LogP contribution in [0.15, 0.2) is 34.9 Å². The van der Waals surface area contributed by atoms with Crippen LogP contribution in [-0.4, -0.2) is 56.0 Å². The molecule has 0 atom stereocenters. The van der Waals surface area contributed by atoms with Crippen molar-refractivity contribution < 1.29 is 8.42 Å². The van der Waals surface area contributed by atoms with E-state index >= 15 is 0 Å². The van der Waals surface area contributed by atoms with Gasteiger partial charge in [0.15, 0.2) is 9.84 Å². The molecule has 23 heavy (non-hydrogen) atoms. The molecule has 0 radical (unpaired) electrons. The van der Waals surface area contributed by atoms with E-state index in [1.165, 1.54) is 0 Å². The zero-order valence-corrected chi connectivity index (χ0v) is 15.2. The van der Waals surface area contributed by atoms with Gasteiger partial charge in [0.25, 0.3) is 0 Å². The summed E-state index contributed by atoms with van der Waals surface area (Å²) in [6.45, 7) is 3.11. The lowest BCUT2D eigenvalue weighted by atomic mass is 10.2. The molecular formula is C16H20BrN3O2S. The lowest BCUT2D eigenvalue weighted by Crippen LogP contribution is -2.41. The van der Waals surface area contributed by atoms with Gasteiger partial charge in [0, 0.05) is 41.4 Å². The van der Waals surface area contributed by atoms with Crippen molar-refractivity contribution in [1.29, 1.82) is 0 Å². The number of nitrogens with one attached hydrogen (secondary N) is 1. The zero-order chi connectivity index (χ0) is 16.3. The summed E-state index contributed by atoms with van der Waals surface area (Å²) in [5.74, 6) is 0.592. The molecular weight excluding hydrogens is 378 g/mol. The second-order valence-corrected chi connectivity index (χ2v) is 9.01. The fraction of sp³-hybridized carbons (Fsp3) is 0.438. The molecule has 2 heterocycles. The Hall–Kier alpha value is -1.18. The molecule has 0 spiro atoms. The third-order valence-electron chi connectivity index (χ3n) is 4.11. The van der Waals surface area contributed by atoms with Crippen LogP contribution in [0.1, 0.15) is 6.42 Å². The SMILES string of the molecule is O=S1(=O)CCN(CCCNc2ccnc3cc(Br)ccc23)CC1. The van der Waals surface area contributed by atoms with E-state index in [9.17, 15) is 8.42 Å². The van der Waals surface area contributed by atoms with E-state index in [0.717, 1.165) is 40.6 Å². The van der Waals surface area contributed by atoms with E-state index in [2.05, 4.69) is 37.2 Å². The molecule has 2 aromatic rings. The second kappa shape index (κ2) is 7.15. The zero-order valence-electron chi connectivity index (χ0n) is 12.8. The highest BCUT2D eigenvalue weighted by molar-refractivity contribution is 9.10. The summed E-state index contributed by atoms with van der Waals surface area (Å²) in [4.78, 5) is 6.61. The van der Waals surface area contributed by atoms with Gasteiger partial charge in [0.2, 0.25) is 0 Å². The quantitative estimate of drug-likeness (QED) is 0.785. The van der Waals surface area contributed by atoms with Gasteiger partial charge in [-0.1, -0.05) is 15.9 Å². The van der Waals surface area contributed by atoms with Gasteiger partial charge in [-0.2, -0.15) is 0 Å². The number of pyridine rings is 1. The lowest BCUT2D eigenvalue weighted by Gasteiger charge is -2.26. The van der Waals surface area contributed by atoms with Crippen LogP contribution in [0.4, 0.5) is 5.69 Å². The van der Waals surface area contributed by atoms with Gasteiger partial charge in [-0.25, -0.2) is 8.42 Å². The highest BCUT2D eigenvalue weighted by Crippen LogP contribution is 2.24. The minimum absolute atomic E-state index is 0.296. The molecule has 5 nitrogen and oxygen atoms in total. The minimum Gasteiger partial charge on any atom is -0.384 e. The van der Waals surface area contributed by atoms with Crippen molar-refractivity contribution in [2.45, 2.75) is 6.42 Å². The van der Waals surface area contributed by atoms with E-state index in [0.29, 0.717) is 24.6 Å². The van der Waals surface area contributed by atoms with E-state index in [1.54, 1.807) is 0 Å². The molecule has 1 fully saturated rings. The summed E-state index contributed by atoms with van der Waals surface area (Å²) >= 11 is 3.46. The van der Waals surface area contributed by atoms with Crippen LogP contribution in [0.2, 0.25) is 0 Å². The molecule has 0 bridgehead atoms. The molecule has 0 unspecified atom stereocenters. The maximum atomic E-state index is 11.4. The Labute approximate surface area is 145 Å². The van der Waals surface area contributed by atoms with Crippen molar-refractivity contribution in [2.24, 2.45) is 0 Å². The van der Waals surface area contributed by atoms with Crippen LogP contribution < -0.4 is 5.32 Å². The Bertz CT molecular complexity index is 781. The maximum absolute atomic E-state index is 11.4. The van der Waals surface area contributed by atoms with Crippen molar-refractivity contribution in [2.75, 3.05) is 43.0 Å². The van der Waals surface area contributed by atoms with E-state index in [1.807, 2.05) is 24.4 Å². The van der Waals surface area contributed by atoms with Crippen molar-refractivity contribution in [3.63, 3.8) is 0 Å². The van der Waals surface area contributed by atoms with Crippen LogP contribution in [0.3, 0.4) is 0 Å². The number of rotatable bonds is 5. The average Bonchev–Trinajstić information content (AvgIpc) is 2.52. The molecule has 1 N–H and O–H groups in total. The van der Waals surface area contributed by atoms with Crippen LogP contribution >= 0.6 is 15.9 Å². The molecule has 3 rings (SSSR count). The maximum Gasteiger partial charge on any atom is 0.152 e. The fourth-order valence-electron chi connectivity index (χ4n) is 2.77. The third kappa shape index (κ3) is 4.43. The van der Waals surface area contributed by atoms with Crippen molar-refractivity contribution in [3.8, 4) is 0 Å². The van der Waals surface area contributed by atoms with Crippen LogP contribution in [-0.2, 0) is 9.84 Å². The summed E-state index contributed by atoms with van der Waals surface area (Å²) in [6, 6.07) is 8.08. The summed E-state index contributed by atoms with van der Waals surface area (Å²) in [7, 11) is -2.79. The Morgan fingerprint density at radius 3 is 2.78 bits per heavy atom. The number of anilines is 1. The van der Waals surface area contributed by atoms with Gasteiger partial charge in [0.05, 0.1) is 17.0 Å². The van der Waals surface area contributed by atoms with Gasteiger partial charge >= 0.3 is 0 Å². The first-order chi connectivity index (χ1) is 11.0. The Morgan fingerprint density at radius 1 is 1.22 bits per heavy atom. The summed E-state index contributed by atoms with van der Waals surface area (Å²) in [5.41, 5.74) is 2.05. The number of aromatic nitrogens is 1. The number of sulfone groups is 1. The highest BCUT2D eigenvalue weighted by atomic mass is 79.9. The topological polar surface area (TPSA) is 62.3 Å². The molecule has 0 aliphatic carbocycles. The molecule has 124 valence electrons. The molecule has 1 aliphatic rings. The van der Waals surface area contributed by atoms with E-state index in [4.69, 9.17) is 0 Å². The number of fused-ring (bicyclic) bond motifs is 1. The lowest BCUT2D eigenvalue weighted by molar-refractivity contribution is 0.295. The first-order valence-electron chi connectivity index (χ1n) is 7.74. The number of nitrogens with zero attached hydrogens (tertiary/aromatic N) is 2. The standard InChI is InChI=1S/C16H20BrN3O2S/c17-13-2-3-14-15(4-6-19-16(14)12-13)18-5-1-7-20-8-10-23(21,22)11-9-20/h2-4,6,12H,1,5,7-11H2,(H,18,19). The average molecular weight is 398 g/mol. The molecule has 1 aliphatic heterocycles. The molecule has 0 amide bonds. The van der Waals surface area contributed by atoms with E-state index < -0.39 is 9.84 Å². The Morgan fingerprint density at radius 2 is 2.00 bits per heavy atom. The third-order valence-corrected chi connectivity index (χ3v) is 6.21. The van der Waals surface area contributed by atoms with Gasteiger partial charge < -0.3 is 10.2 Å². The van der Waals surface area contributed by atoms with Crippen LogP contribution in [0.5, 0.6) is 0 Å². The number of hydrogen-bond acceptors (Lipinski definition) is 5. The molecule has 7 heteroatoms. The van der Waals surface area contributed by atoms with Crippen LogP contribution in [0, 0.1) is 0 Å². The van der Waals surface area contributed by atoms with Crippen molar-refractivity contribution >= 4 is 42.4 Å². The Kier molecular flexibility index (Phi) is 5.18. The summed E-state index contributed by atoms with van der Waals surface area (Å²) < 4.78 is 23.8. The van der Waals surface area contributed by atoms with Gasteiger partial charge in [-0.3, -0.25) is 4.98 Å². The first kappa shape index (κ1) is 16.7. The largest absolute Gasteiger partial charge is 0.384 e. The van der Waals surface area contributed by atoms with Gasteiger partial charge in [0.1, 0.15) is 0 Å². The van der Waals surface area contributed by atoms with E-state index in [-0.39, 0.29) is 0 Å². The Balaban J connectivity index is 1.52. The first-order valence-corrected chi connectivity index (χ1v) is 10.4. The summed E-state index contributed by atoms with van der Waals surface area (Å²) in [6.07, 6.45) is 2.80.